The van der Waals surface area contributed by atoms with E-state index < -0.39 is 28.5 Å². The second-order valence-corrected chi connectivity index (χ2v) is 13.0. The Bertz CT molecular complexity index is 1630. The Morgan fingerprint density at radius 2 is 1.51 bits per heavy atom. The highest BCUT2D eigenvalue weighted by Crippen LogP contribution is 2.27. The van der Waals surface area contributed by atoms with Gasteiger partial charge < -0.3 is 10.2 Å². The smallest absolute Gasteiger partial charge is 0.264 e. The summed E-state index contributed by atoms with van der Waals surface area (Å²) in [5.74, 6) is -0.775. The van der Waals surface area contributed by atoms with Crippen molar-refractivity contribution in [3.63, 3.8) is 0 Å². The molecule has 7 nitrogen and oxygen atoms in total. The van der Waals surface area contributed by atoms with E-state index in [1.807, 2.05) is 68.4 Å². The lowest BCUT2D eigenvalue weighted by atomic mass is 10.0. The first-order valence-corrected chi connectivity index (χ1v) is 16.4. The van der Waals surface area contributed by atoms with Gasteiger partial charge in [-0.3, -0.25) is 13.9 Å². The molecule has 1 unspecified atom stereocenters. The number of benzene rings is 4. The van der Waals surface area contributed by atoms with E-state index in [0.717, 1.165) is 27.4 Å². The van der Waals surface area contributed by atoms with Crippen LogP contribution < -0.4 is 9.62 Å². The van der Waals surface area contributed by atoms with Gasteiger partial charge in [-0.1, -0.05) is 102 Å². The Morgan fingerprint density at radius 3 is 2.16 bits per heavy atom. The van der Waals surface area contributed by atoms with E-state index in [1.165, 1.54) is 17.0 Å². The number of hydrogen-bond donors (Lipinski definition) is 1. The number of nitrogens with one attached hydrogen (secondary N) is 1. The van der Waals surface area contributed by atoms with Gasteiger partial charge in [0.15, 0.2) is 0 Å². The molecule has 0 fully saturated rings. The highest BCUT2D eigenvalue weighted by Gasteiger charge is 2.34. The van der Waals surface area contributed by atoms with Crippen LogP contribution in [0.3, 0.4) is 0 Å². The lowest BCUT2D eigenvalue weighted by Gasteiger charge is -2.34. The SMILES string of the molecule is CCCNC(=O)C(Cc1ccccc1)N(Cc1ccccc1C)C(=O)CN(c1cccc(Br)c1)S(=O)(=O)c1ccccc1. The van der Waals surface area contributed by atoms with Gasteiger partial charge in [-0.15, -0.1) is 0 Å². The van der Waals surface area contributed by atoms with Crippen molar-refractivity contribution in [2.45, 2.75) is 44.2 Å². The fraction of sp³-hybridized carbons (Fsp3) is 0.235. The molecule has 1 atom stereocenters. The second kappa shape index (κ2) is 15.0. The van der Waals surface area contributed by atoms with Crippen LogP contribution in [-0.4, -0.2) is 44.3 Å². The van der Waals surface area contributed by atoms with Crippen molar-refractivity contribution in [2.24, 2.45) is 0 Å². The number of rotatable bonds is 13. The van der Waals surface area contributed by atoms with Crippen LogP contribution in [0.4, 0.5) is 5.69 Å². The van der Waals surface area contributed by atoms with E-state index in [4.69, 9.17) is 0 Å². The number of carbonyl (C=O) groups is 2. The summed E-state index contributed by atoms with van der Waals surface area (Å²) < 4.78 is 29.8. The molecule has 4 rings (SSSR count). The van der Waals surface area contributed by atoms with Crippen LogP contribution >= 0.6 is 15.9 Å². The van der Waals surface area contributed by atoms with E-state index in [1.54, 1.807) is 42.5 Å². The van der Waals surface area contributed by atoms with Crippen molar-refractivity contribution in [1.82, 2.24) is 10.2 Å². The van der Waals surface area contributed by atoms with Gasteiger partial charge >= 0.3 is 0 Å². The third-order valence-electron chi connectivity index (χ3n) is 7.13. The molecule has 0 saturated heterocycles. The Balaban J connectivity index is 1.80. The maximum absolute atomic E-state index is 14.4. The minimum Gasteiger partial charge on any atom is -0.354 e. The summed E-state index contributed by atoms with van der Waals surface area (Å²) >= 11 is 3.43. The lowest BCUT2D eigenvalue weighted by molar-refractivity contribution is -0.140. The van der Waals surface area contributed by atoms with Crippen molar-refractivity contribution in [3.8, 4) is 0 Å². The van der Waals surface area contributed by atoms with Crippen molar-refractivity contribution < 1.29 is 18.0 Å². The van der Waals surface area contributed by atoms with E-state index in [2.05, 4.69) is 21.2 Å². The van der Waals surface area contributed by atoms with Crippen molar-refractivity contribution >= 4 is 43.5 Å². The first-order valence-electron chi connectivity index (χ1n) is 14.2. The predicted molar refractivity (Wildman–Crippen MR) is 174 cm³/mol. The van der Waals surface area contributed by atoms with E-state index in [0.29, 0.717) is 16.7 Å². The zero-order chi connectivity index (χ0) is 30.8. The van der Waals surface area contributed by atoms with Gasteiger partial charge in [-0.2, -0.15) is 0 Å². The normalized spacial score (nSPS) is 11.9. The Kier molecular flexibility index (Phi) is 11.1. The van der Waals surface area contributed by atoms with Gasteiger partial charge in [0.05, 0.1) is 10.6 Å². The molecule has 0 heterocycles. The molecular weight excluding hydrogens is 626 g/mol. The summed E-state index contributed by atoms with van der Waals surface area (Å²) in [6.45, 7) is 4.03. The highest BCUT2D eigenvalue weighted by atomic mass is 79.9. The number of sulfonamides is 1. The summed E-state index contributed by atoms with van der Waals surface area (Å²) in [5.41, 5.74) is 3.06. The molecule has 0 bridgehead atoms. The first-order chi connectivity index (χ1) is 20.7. The topological polar surface area (TPSA) is 86.8 Å². The van der Waals surface area contributed by atoms with Crippen LogP contribution in [0.1, 0.15) is 30.0 Å². The number of hydrogen-bond acceptors (Lipinski definition) is 4. The number of amides is 2. The van der Waals surface area contributed by atoms with E-state index in [9.17, 15) is 18.0 Å². The van der Waals surface area contributed by atoms with Crippen LogP contribution in [0.2, 0.25) is 0 Å². The third-order valence-corrected chi connectivity index (χ3v) is 9.41. The molecule has 0 aliphatic carbocycles. The molecule has 1 N–H and O–H groups in total. The summed E-state index contributed by atoms with van der Waals surface area (Å²) in [6.07, 6.45) is 1.01. The quantitative estimate of drug-likeness (QED) is 0.187. The lowest BCUT2D eigenvalue weighted by Crippen LogP contribution is -2.53. The van der Waals surface area contributed by atoms with Crippen molar-refractivity contribution in [2.75, 3.05) is 17.4 Å². The molecule has 0 saturated carbocycles. The maximum atomic E-state index is 14.4. The van der Waals surface area contributed by atoms with Gasteiger partial charge in [0.2, 0.25) is 11.8 Å². The zero-order valence-electron chi connectivity index (χ0n) is 24.3. The molecule has 4 aromatic rings. The van der Waals surface area contributed by atoms with Gasteiger partial charge in [0.1, 0.15) is 12.6 Å². The molecule has 2 amide bonds. The minimum absolute atomic E-state index is 0.0646. The van der Waals surface area contributed by atoms with Crippen LogP contribution in [0.25, 0.3) is 0 Å². The van der Waals surface area contributed by atoms with Crippen LogP contribution in [0.15, 0.2) is 119 Å². The fourth-order valence-corrected chi connectivity index (χ4v) is 6.58. The fourth-order valence-electron chi connectivity index (χ4n) is 4.77. The zero-order valence-corrected chi connectivity index (χ0v) is 26.7. The molecule has 4 aromatic carbocycles. The molecule has 0 aromatic heterocycles. The molecule has 224 valence electrons. The van der Waals surface area contributed by atoms with Crippen molar-refractivity contribution in [3.05, 3.63) is 130 Å². The minimum atomic E-state index is -4.14. The van der Waals surface area contributed by atoms with Gasteiger partial charge in [0.25, 0.3) is 10.0 Å². The maximum Gasteiger partial charge on any atom is 0.264 e. The van der Waals surface area contributed by atoms with Gasteiger partial charge in [0, 0.05) is 24.0 Å². The number of halogens is 1. The molecule has 0 spiro atoms. The molecule has 43 heavy (non-hydrogen) atoms. The summed E-state index contributed by atoms with van der Waals surface area (Å²) in [6, 6.07) is 31.2. The van der Waals surface area contributed by atoms with Crippen LogP contribution in [0.5, 0.6) is 0 Å². The first kappa shape index (κ1) is 32.0. The molecule has 0 radical (unpaired) electrons. The van der Waals surface area contributed by atoms with E-state index in [-0.39, 0.29) is 23.8 Å². The summed E-state index contributed by atoms with van der Waals surface area (Å²) in [7, 11) is -4.14. The Hall–Kier alpha value is -3.95. The Labute approximate surface area is 262 Å². The second-order valence-electron chi connectivity index (χ2n) is 10.2. The monoisotopic (exact) mass is 661 g/mol. The summed E-state index contributed by atoms with van der Waals surface area (Å²) in [4.78, 5) is 29.7. The molecular formula is C34H36BrN3O4S. The van der Waals surface area contributed by atoms with Crippen molar-refractivity contribution in [1.29, 1.82) is 0 Å². The number of aryl methyl sites for hydroxylation is 1. The third kappa shape index (κ3) is 8.33. The number of carbonyl (C=O) groups excluding carboxylic acids is 2. The molecule has 0 aliphatic rings. The van der Waals surface area contributed by atoms with Gasteiger partial charge in [-0.25, -0.2) is 8.42 Å². The predicted octanol–water partition coefficient (Wildman–Crippen LogP) is 6.12. The molecule has 9 heteroatoms. The summed E-state index contributed by atoms with van der Waals surface area (Å²) in [5, 5.41) is 2.97. The van der Waals surface area contributed by atoms with Crippen LogP contribution in [-0.2, 0) is 32.6 Å². The number of anilines is 1. The number of nitrogens with zero attached hydrogens (tertiary/aromatic N) is 2. The average molecular weight is 663 g/mol. The standard InChI is InChI=1S/C34H36BrN3O4S/c1-3-21-36-34(40)32(22-27-14-6-4-7-15-27)37(24-28-16-11-10-13-26(28)2)33(39)25-38(30-18-12-17-29(35)23-30)43(41,42)31-19-8-5-9-20-31/h4-20,23,32H,3,21-22,24-25H2,1-2H3,(H,36,40). The van der Waals surface area contributed by atoms with Crippen LogP contribution in [0, 0.1) is 6.92 Å². The largest absolute Gasteiger partial charge is 0.354 e. The van der Waals surface area contributed by atoms with E-state index >= 15 is 0 Å². The highest BCUT2D eigenvalue weighted by molar-refractivity contribution is 9.10. The Morgan fingerprint density at radius 1 is 0.860 bits per heavy atom. The van der Waals surface area contributed by atoms with Gasteiger partial charge in [-0.05, 0) is 60.4 Å². The molecule has 0 aliphatic heterocycles. The average Bonchev–Trinajstić information content (AvgIpc) is 3.02.